The van der Waals surface area contributed by atoms with Crippen LogP contribution in [0.25, 0.3) is 0 Å². The van der Waals surface area contributed by atoms with Crippen LogP contribution in [0.5, 0.6) is 0 Å². The van der Waals surface area contributed by atoms with Crippen LogP contribution in [-0.4, -0.2) is 49.9 Å². The Balaban J connectivity index is 1.35. The summed E-state index contributed by atoms with van der Waals surface area (Å²) in [4.78, 5) is 6.74. The van der Waals surface area contributed by atoms with Crippen molar-refractivity contribution in [3.8, 4) is 23.7 Å². The average Bonchev–Trinajstić information content (AvgIpc) is 2.87. The lowest BCUT2D eigenvalue weighted by Crippen LogP contribution is -2.47. The molecule has 0 radical (unpaired) electrons. The SMILES string of the molecule is CN(C)c1ccc(C#Cc2ccc(C#Cc3ccc(N4CCN(C(S)S)CC4)cc3)cc2)cc1. The third kappa shape index (κ3) is 6.55. The van der Waals surface area contributed by atoms with E-state index in [4.69, 9.17) is 0 Å². The zero-order chi connectivity index (χ0) is 23.9. The number of hydrogen-bond acceptors (Lipinski definition) is 5. The predicted octanol–water partition coefficient (Wildman–Crippen LogP) is 4.82. The third-order valence-corrected chi connectivity index (χ3v) is 6.50. The lowest BCUT2D eigenvalue weighted by atomic mass is 10.1. The molecule has 0 N–H and O–H groups in total. The van der Waals surface area contributed by atoms with Gasteiger partial charge >= 0.3 is 0 Å². The van der Waals surface area contributed by atoms with Crippen LogP contribution >= 0.6 is 25.3 Å². The van der Waals surface area contributed by atoms with E-state index >= 15 is 0 Å². The molecule has 5 heteroatoms. The summed E-state index contributed by atoms with van der Waals surface area (Å²) < 4.78 is 0.0152. The van der Waals surface area contributed by atoms with Gasteiger partial charge in [0.1, 0.15) is 0 Å². The van der Waals surface area contributed by atoms with Crippen LogP contribution in [0.3, 0.4) is 0 Å². The van der Waals surface area contributed by atoms with Crippen molar-refractivity contribution in [3.05, 3.63) is 95.1 Å². The van der Waals surface area contributed by atoms with E-state index < -0.39 is 0 Å². The summed E-state index contributed by atoms with van der Waals surface area (Å²) in [5, 5.41) is 0. The molecule has 0 bridgehead atoms. The molecule has 0 saturated carbocycles. The lowest BCUT2D eigenvalue weighted by molar-refractivity contribution is 0.287. The Kier molecular flexibility index (Phi) is 8.14. The van der Waals surface area contributed by atoms with Crippen LogP contribution in [0.15, 0.2) is 72.8 Å². The van der Waals surface area contributed by atoms with Crippen LogP contribution in [0.1, 0.15) is 22.3 Å². The Bertz CT molecular complexity index is 1200. The number of benzene rings is 3. The molecule has 0 amide bonds. The number of thiol groups is 2. The lowest BCUT2D eigenvalue weighted by Gasteiger charge is -2.37. The maximum Gasteiger partial charge on any atom is 0.0970 e. The fourth-order valence-corrected chi connectivity index (χ4v) is 4.20. The van der Waals surface area contributed by atoms with Gasteiger partial charge in [0.2, 0.25) is 0 Å². The van der Waals surface area contributed by atoms with E-state index in [9.17, 15) is 0 Å². The number of nitrogens with zero attached hydrogens (tertiary/aromatic N) is 3. The van der Waals surface area contributed by atoms with Crippen molar-refractivity contribution in [2.24, 2.45) is 0 Å². The molecule has 0 atom stereocenters. The second-order valence-corrected chi connectivity index (χ2v) is 9.82. The number of piperazine rings is 1. The molecule has 3 nitrogen and oxygen atoms in total. The molecular formula is C29H29N3S2. The maximum absolute atomic E-state index is 4.41. The van der Waals surface area contributed by atoms with E-state index in [1.54, 1.807) is 0 Å². The van der Waals surface area contributed by atoms with Crippen molar-refractivity contribution < 1.29 is 0 Å². The summed E-state index contributed by atoms with van der Waals surface area (Å²) in [6.45, 7) is 3.92. The van der Waals surface area contributed by atoms with E-state index in [1.165, 1.54) is 11.4 Å². The average molecular weight is 484 g/mol. The molecule has 3 aromatic rings. The molecule has 3 aromatic carbocycles. The molecule has 1 fully saturated rings. The van der Waals surface area contributed by atoms with Gasteiger partial charge in [-0.1, -0.05) is 23.7 Å². The topological polar surface area (TPSA) is 9.72 Å². The highest BCUT2D eigenvalue weighted by Crippen LogP contribution is 2.19. The van der Waals surface area contributed by atoms with Crippen molar-refractivity contribution in [2.75, 3.05) is 50.1 Å². The Hall–Kier alpha value is -2.96. The van der Waals surface area contributed by atoms with Crippen LogP contribution in [0.2, 0.25) is 0 Å². The summed E-state index contributed by atoms with van der Waals surface area (Å²) in [5.41, 5.74) is 6.38. The van der Waals surface area contributed by atoms with Gasteiger partial charge in [-0.2, -0.15) is 0 Å². The number of rotatable bonds is 3. The molecule has 4 rings (SSSR count). The molecule has 34 heavy (non-hydrogen) atoms. The monoisotopic (exact) mass is 483 g/mol. The van der Waals surface area contributed by atoms with Gasteiger partial charge in [0.15, 0.2) is 0 Å². The minimum atomic E-state index is 0.0152. The Labute approximate surface area is 214 Å². The van der Waals surface area contributed by atoms with Gasteiger partial charge in [-0.25, -0.2) is 0 Å². The summed E-state index contributed by atoms with van der Waals surface area (Å²) in [5.74, 6) is 13.0. The first-order valence-electron chi connectivity index (χ1n) is 11.3. The summed E-state index contributed by atoms with van der Waals surface area (Å²) >= 11 is 8.83. The molecular weight excluding hydrogens is 454 g/mol. The molecule has 1 aliphatic rings. The van der Waals surface area contributed by atoms with Crippen LogP contribution < -0.4 is 9.80 Å². The van der Waals surface area contributed by atoms with Gasteiger partial charge in [0, 0.05) is 73.9 Å². The number of hydrogen-bond donors (Lipinski definition) is 2. The zero-order valence-electron chi connectivity index (χ0n) is 19.6. The van der Waals surface area contributed by atoms with Crippen LogP contribution in [0.4, 0.5) is 11.4 Å². The van der Waals surface area contributed by atoms with Crippen molar-refractivity contribution in [2.45, 2.75) is 4.71 Å². The van der Waals surface area contributed by atoms with Crippen molar-refractivity contribution in [1.29, 1.82) is 0 Å². The van der Waals surface area contributed by atoms with Gasteiger partial charge in [-0.3, -0.25) is 4.90 Å². The molecule has 0 unspecified atom stereocenters. The van der Waals surface area contributed by atoms with E-state index in [1.807, 2.05) is 50.5 Å². The van der Waals surface area contributed by atoms with Gasteiger partial charge in [0.05, 0.1) is 4.71 Å². The van der Waals surface area contributed by atoms with Gasteiger partial charge in [0.25, 0.3) is 0 Å². The minimum Gasteiger partial charge on any atom is -0.378 e. The molecule has 1 saturated heterocycles. The molecule has 172 valence electrons. The standard InChI is InChI=1S/C29H29N3S2/c1-30(2)27-15-11-25(12-16-27)9-7-23-3-5-24(6-4-23)8-10-26-13-17-28(18-14-26)31-19-21-32(22-20-31)29(33)34/h3-6,11-18,29,33-34H,19-22H2,1-2H3. The van der Waals surface area contributed by atoms with E-state index in [0.717, 1.165) is 48.4 Å². The summed E-state index contributed by atoms with van der Waals surface area (Å²) in [6, 6.07) is 24.8. The van der Waals surface area contributed by atoms with Gasteiger partial charge < -0.3 is 9.80 Å². The fourth-order valence-electron chi connectivity index (χ4n) is 3.74. The normalized spacial score (nSPS) is 13.6. The Morgan fingerprint density at radius 2 is 1.00 bits per heavy atom. The molecule has 1 heterocycles. The Morgan fingerprint density at radius 1 is 0.618 bits per heavy atom. The second kappa shape index (κ2) is 11.4. The first-order chi connectivity index (χ1) is 16.5. The largest absolute Gasteiger partial charge is 0.378 e. The highest BCUT2D eigenvalue weighted by Gasteiger charge is 2.19. The molecule has 0 aliphatic carbocycles. The third-order valence-electron chi connectivity index (χ3n) is 5.84. The highest BCUT2D eigenvalue weighted by atomic mass is 32.2. The smallest absolute Gasteiger partial charge is 0.0970 e. The van der Waals surface area contributed by atoms with E-state index in [-0.39, 0.29) is 4.71 Å². The Morgan fingerprint density at radius 3 is 1.38 bits per heavy atom. The summed E-state index contributed by atoms with van der Waals surface area (Å²) in [6.07, 6.45) is 0. The van der Waals surface area contributed by atoms with Crippen molar-refractivity contribution >= 4 is 36.6 Å². The molecule has 0 aromatic heterocycles. The minimum absolute atomic E-state index is 0.0152. The van der Waals surface area contributed by atoms with Gasteiger partial charge in [-0.15, -0.1) is 25.3 Å². The van der Waals surface area contributed by atoms with E-state index in [2.05, 4.69) is 100 Å². The second-order valence-electron chi connectivity index (χ2n) is 8.43. The van der Waals surface area contributed by atoms with Crippen molar-refractivity contribution in [1.82, 2.24) is 4.90 Å². The molecule has 1 aliphatic heterocycles. The quantitative estimate of drug-likeness (QED) is 0.314. The molecule has 0 spiro atoms. The maximum atomic E-state index is 4.41. The van der Waals surface area contributed by atoms with E-state index in [0.29, 0.717) is 0 Å². The summed E-state index contributed by atoms with van der Waals surface area (Å²) in [7, 11) is 4.07. The van der Waals surface area contributed by atoms with Crippen LogP contribution in [0, 0.1) is 23.7 Å². The number of anilines is 2. The van der Waals surface area contributed by atoms with Crippen LogP contribution in [-0.2, 0) is 0 Å². The van der Waals surface area contributed by atoms with Gasteiger partial charge in [-0.05, 0) is 72.8 Å². The first-order valence-corrected chi connectivity index (χ1v) is 12.4. The zero-order valence-corrected chi connectivity index (χ0v) is 21.4. The van der Waals surface area contributed by atoms with Crippen molar-refractivity contribution in [3.63, 3.8) is 0 Å². The fraction of sp³-hybridized carbons (Fsp3) is 0.241. The highest BCUT2D eigenvalue weighted by molar-refractivity contribution is 7.99. The first kappa shape index (κ1) is 24.2. The predicted molar refractivity (Wildman–Crippen MR) is 151 cm³/mol.